The average Bonchev–Trinajstić information content (AvgIpc) is 3.09. The first-order chi connectivity index (χ1) is 11.8. The number of anilines is 1. The molecule has 2 aromatic rings. The molecule has 134 valence electrons. The number of nitrogens with zero attached hydrogens (tertiary/aromatic N) is 2. The van der Waals surface area contributed by atoms with Crippen LogP contribution in [0.4, 0.5) is 5.82 Å². The van der Waals surface area contributed by atoms with E-state index < -0.39 is 0 Å². The number of fused-ring (bicyclic) bond motifs is 1. The molecule has 5 nitrogen and oxygen atoms in total. The number of carbonyl (C=O) groups is 1. The van der Waals surface area contributed by atoms with E-state index in [0.29, 0.717) is 5.56 Å². The molecular weight excluding hydrogens is 334 g/mol. The third-order valence-corrected chi connectivity index (χ3v) is 4.88. The summed E-state index contributed by atoms with van der Waals surface area (Å²) in [6, 6.07) is 7.24. The molecule has 1 aliphatic heterocycles. The Bertz CT molecular complexity index is 773. The Balaban J connectivity index is 1.84. The second-order valence-corrected chi connectivity index (χ2v) is 8.48. The smallest absolute Gasteiger partial charge is 0.256 e. The molecule has 25 heavy (non-hydrogen) atoms. The molecule has 0 bridgehead atoms. The summed E-state index contributed by atoms with van der Waals surface area (Å²) < 4.78 is 7.57. The van der Waals surface area contributed by atoms with Crippen molar-refractivity contribution in [2.24, 2.45) is 0 Å². The van der Waals surface area contributed by atoms with E-state index in [0.717, 1.165) is 34.3 Å². The summed E-state index contributed by atoms with van der Waals surface area (Å²) in [6.07, 6.45) is 0.112. The van der Waals surface area contributed by atoms with Crippen molar-refractivity contribution in [1.82, 2.24) is 9.78 Å². The minimum atomic E-state index is -0.188. The minimum absolute atomic E-state index is 0.112. The highest BCUT2D eigenvalue weighted by Gasteiger charge is 2.28. The van der Waals surface area contributed by atoms with Crippen molar-refractivity contribution in [1.29, 1.82) is 0 Å². The fraction of sp³-hybridized carbons (Fsp3) is 0.474. The van der Waals surface area contributed by atoms with Gasteiger partial charge in [-0.2, -0.15) is 16.9 Å². The van der Waals surface area contributed by atoms with Crippen LogP contribution in [0.1, 0.15) is 56.2 Å². The predicted octanol–water partition coefficient (Wildman–Crippen LogP) is 4.42. The molecule has 0 fully saturated rings. The van der Waals surface area contributed by atoms with Crippen LogP contribution in [0.3, 0.4) is 0 Å². The molecule has 1 aliphatic rings. The van der Waals surface area contributed by atoms with E-state index >= 15 is 0 Å². The minimum Gasteiger partial charge on any atom is -0.491 e. The number of rotatable bonds is 4. The maximum Gasteiger partial charge on any atom is 0.256 e. The number of ether oxygens (including phenoxy) is 1. The van der Waals surface area contributed by atoms with E-state index in [-0.39, 0.29) is 17.6 Å². The molecule has 0 aliphatic carbocycles. The van der Waals surface area contributed by atoms with Gasteiger partial charge in [0.2, 0.25) is 0 Å². The van der Waals surface area contributed by atoms with Gasteiger partial charge in [-0.05, 0) is 58.9 Å². The number of carbonyl (C=O) groups excluding carboxylic acids is 1. The quantitative estimate of drug-likeness (QED) is 0.878. The summed E-state index contributed by atoms with van der Waals surface area (Å²) in [6.45, 7) is 10.2. The Morgan fingerprint density at radius 3 is 2.52 bits per heavy atom. The Labute approximate surface area is 153 Å². The molecule has 0 atom stereocenters. The van der Waals surface area contributed by atoms with Crippen molar-refractivity contribution < 1.29 is 9.53 Å². The summed E-state index contributed by atoms with van der Waals surface area (Å²) in [5.74, 6) is 3.26. The van der Waals surface area contributed by atoms with Crippen LogP contribution in [0.15, 0.2) is 24.3 Å². The molecule has 3 rings (SSSR count). The molecule has 1 aromatic carbocycles. The third kappa shape index (κ3) is 3.84. The lowest BCUT2D eigenvalue weighted by Gasteiger charge is -2.23. The van der Waals surface area contributed by atoms with Crippen LogP contribution in [-0.2, 0) is 17.0 Å². The lowest BCUT2D eigenvalue weighted by atomic mass is 10.1. The molecule has 2 heterocycles. The Morgan fingerprint density at radius 1 is 1.24 bits per heavy atom. The Hall–Kier alpha value is -1.95. The standard InChI is InChI=1S/C19H25N3O2S/c1-12(2)24-14-8-6-13(7-9-14)18(23)20-17-15-10-25-11-16(15)21-22(17)19(3,4)5/h6-9,12H,10-11H2,1-5H3,(H,20,23). The molecule has 1 amide bonds. The second-order valence-electron chi connectivity index (χ2n) is 7.49. The van der Waals surface area contributed by atoms with E-state index in [1.165, 1.54) is 0 Å². The van der Waals surface area contributed by atoms with Gasteiger partial charge >= 0.3 is 0 Å². The van der Waals surface area contributed by atoms with Crippen LogP contribution in [0.2, 0.25) is 0 Å². The lowest BCUT2D eigenvalue weighted by molar-refractivity contribution is 0.102. The Morgan fingerprint density at radius 2 is 1.92 bits per heavy atom. The summed E-state index contributed by atoms with van der Waals surface area (Å²) in [4.78, 5) is 12.7. The zero-order valence-electron chi connectivity index (χ0n) is 15.4. The van der Waals surface area contributed by atoms with Crippen molar-refractivity contribution in [3.05, 3.63) is 41.1 Å². The van der Waals surface area contributed by atoms with Crippen molar-refractivity contribution in [3.8, 4) is 5.75 Å². The van der Waals surface area contributed by atoms with Crippen LogP contribution in [0, 0.1) is 0 Å². The molecule has 1 aromatic heterocycles. The summed E-state index contributed by atoms with van der Waals surface area (Å²) in [5.41, 5.74) is 2.65. The predicted molar refractivity (Wildman–Crippen MR) is 102 cm³/mol. The number of hydrogen-bond donors (Lipinski definition) is 1. The lowest BCUT2D eigenvalue weighted by Crippen LogP contribution is -2.27. The van der Waals surface area contributed by atoms with Gasteiger partial charge in [0, 0.05) is 22.6 Å². The first-order valence-electron chi connectivity index (χ1n) is 8.53. The average molecular weight is 359 g/mol. The van der Waals surface area contributed by atoms with Crippen molar-refractivity contribution >= 4 is 23.5 Å². The normalized spacial score (nSPS) is 13.8. The maximum absolute atomic E-state index is 12.7. The van der Waals surface area contributed by atoms with Crippen molar-refractivity contribution in [3.63, 3.8) is 0 Å². The fourth-order valence-corrected chi connectivity index (χ4v) is 3.80. The SMILES string of the molecule is CC(C)Oc1ccc(C(=O)Nc2c3c(nn2C(C)(C)C)CSC3)cc1. The van der Waals surface area contributed by atoms with Crippen LogP contribution in [-0.4, -0.2) is 21.8 Å². The number of amides is 1. The first kappa shape index (κ1) is 17.9. The number of nitrogens with one attached hydrogen (secondary N) is 1. The monoisotopic (exact) mass is 359 g/mol. The fourth-order valence-electron chi connectivity index (χ4n) is 2.76. The molecule has 0 saturated carbocycles. The summed E-state index contributed by atoms with van der Waals surface area (Å²) in [7, 11) is 0. The highest BCUT2D eigenvalue weighted by atomic mass is 32.2. The van der Waals surface area contributed by atoms with E-state index in [9.17, 15) is 4.79 Å². The van der Waals surface area contributed by atoms with Gasteiger partial charge in [-0.15, -0.1) is 0 Å². The highest BCUT2D eigenvalue weighted by Crippen LogP contribution is 2.37. The van der Waals surface area contributed by atoms with Gasteiger partial charge in [-0.3, -0.25) is 4.79 Å². The molecule has 0 spiro atoms. The van der Waals surface area contributed by atoms with E-state index in [1.54, 1.807) is 12.1 Å². The number of aromatic nitrogens is 2. The van der Waals surface area contributed by atoms with Crippen LogP contribution < -0.4 is 10.1 Å². The van der Waals surface area contributed by atoms with Gasteiger partial charge in [0.15, 0.2) is 0 Å². The van der Waals surface area contributed by atoms with Gasteiger partial charge in [-0.25, -0.2) is 4.68 Å². The van der Waals surface area contributed by atoms with Gasteiger partial charge < -0.3 is 10.1 Å². The topological polar surface area (TPSA) is 56.1 Å². The van der Waals surface area contributed by atoms with Gasteiger partial charge in [0.1, 0.15) is 11.6 Å². The largest absolute Gasteiger partial charge is 0.491 e. The zero-order valence-corrected chi connectivity index (χ0v) is 16.2. The summed E-state index contributed by atoms with van der Waals surface area (Å²) in [5, 5.41) is 7.80. The molecule has 0 radical (unpaired) electrons. The molecule has 0 unspecified atom stereocenters. The van der Waals surface area contributed by atoms with E-state index in [1.807, 2.05) is 42.4 Å². The second kappa shape index (κ2) is 6.75. The van der Waals surface area contributed by atoms with Crippen LogP contribution in [0.5, 0.6) is 5.75 Å². The Kier molecular flexibility index (Phi) is 4.82. The van der Waals surface area contributed by atoms with E-state index in [4.69, 9.17) is 9.84 Å². The zero-order chi connectivity index (χ0) is 18.2. The van der Waals surface area contributed by atoms with Crippen molar-refractivity contribution in [2.75, 3.05) is 5.32 Å². The van der Waals surface area contributed by atoms with Crippen LogP contribution in [0.25, 0.3) is 0 Å². The maximum atomic E-state index is 12.7. The molecular formula is C19H25N3O2S. The molecule has 6 heteroatoms. The first-order valence-corrected chi connectivity index (χ1v) is 9.68. The molecule has 0 saturated heterocycles. The van der Waals surface area contributed by atoms with Crippen LogP contribution >= 0.6 is 11.8 Å². The van der Waals surface area contributed by atoms with Crippen molar-refractivity contribution in [2.45, 2.75) is 57.8 Å². The van der Waals surface area contributed by atoms with Gasteiger partial charge in [0.25, 0.3) is 5.91 Å². The number of hydrogen-bond acceptors (Lipinski definition) is 4. The number of thioether (sulfide) groups is 1. The number of benzene rings is 1. The van der Waals surface area contributed by atoms with Gasteiger partial charge in [-0.1, -0.05) is 0 Å². The summed E-state index contributed by atoms with van der Waals surface area (Å²) >= 11 is 1.83. The third-order valence-electron chi connectivity index (χ3n) is 3.91. The van der Waals surface area contributed by atoms with E-state index in [2.05, 4.69) is 26.1 Å². The van der Waals surface area contributed by atoms with Gasteiger partial charge in [0.05, 0.1) is 17.3 Å². The molecule has 1 N–H and O–H groups in total. The highest BCUT2D eigenvalue weighted by molar-refractivity contribution is 7.98.